The van der Waals surface area contributed by atoms with Crippen LogP contribution in [0, 0.1) is 5.92 Å². The van der Waals surface area contributed by atoms with Gasteiger partial charge in [-0.1, -0.05) is 18.2 Å². The monoisotopic (exact) mass is 307 g/mol. The third-order valence-electron chi connectivity index (χ3n) is 3.39. The molecule has 0 aromatic heterocycles. The summed E-state index contributed by atoms with van der Waals surface area (Å²) in [7, 11) is 0. The summed E-state index contributed by atoms with van der Waals surface area (Å²) in [5.41, 5.74) is -1.87. The number of carbonyl (C=O) groups excluding carboxylic acids is 3. The van der Waals surface area contributed by atoms with Crippen LogP contribution < -0.4 is 5.32 Å². The summed E-state index contributed by atoms with van der Waals surface area (Å²) in [4.78, 5) is 36.5. The van der Waals surface area contributed by atoms with Gasteiger partial charge in [0, 0.05) is 11.3 Å². The van der Waals surface area contributed by atoms with Crippen molar-refractivity contribution in [3.8, 4) is 0 Å². The number of aliphatic hydroxyl groups is 1. The number of nitrogens with one attached hydrogen (secondary N) is 1. The number of fused-ring (bicyclic) bond motifs is 1. The number of anilines is 1. The molecule has 1 aliphatic heterocycles. The summed E-state index contributed by atoms with van der Waals surface area (Å²) in [5, 5.41) is 13.3. The molecule has 118 valence electrons. The molecular formula is C15H17NO6. The molecule has 1 unspecified atom stereocenters. The topological polar surface area (TPSA) is 102 Å². The molecule has 1 atom stereocenters. The Morgan fingerprint density at radius 3 is 2.27 bits per heavy atom. The zero-order chi connectivity index (χ0) is 16.3. The van der Waals surface area contributed by atoms with E-state index in [9.17, 15) is 19.5 Å². The van der Waals surface area contributed by atoms with Crippen LogP contribution in [-0.2, 0) is 29.5 Å². The van der Waals surface area contributed by atoms with E-state index in [2.05, 4.69) is 5.32 Å². The number of carbonyl (C=O) groups is 3. The molecule has 1 heterocycles. The van der Waals surface area contributed by atoms with Crippen molar-refractivity contribution >= 4 is 23.5 Å². The predicted octanol–water partition coefficient (Wildman–Crippen LogP) is 0.569. The second-order valence-corrected chi connectivity index (χ2v) is 4.70. The van der Waals surface area contributed by atoms with Crippen molar-refractivity contribution < 1.29 is 29.0 Å². The van der Waals surface area contributed by atoms with E-state index in [4.69, 9.17) is 9.47 Å². The number of amides is 1. The van der Waals surface area contributed by atoms with E-state index in [-0.39, 0.29) is 18.8 Å². The summed E-state index contributed by atoms with van der Waals surface area (Å²) in [6.07, 6.45) is 0. The van der Waals surface area contributed by atoms with Gasteiger partial charge in [-0.25, -0.2) is 0 Å². The van der Waals surface area contributed by atoms with Crippen LogP contribution in [0.5, 0.6) is 0 Å². The van der Waals surface area contributed by atoms with E-state index >= 15 is 0 Å². The van der Waals surface area contributed by atoms with Crippen LogP contribution in [-0.4, -0.2) is 36.2 Å². The molecule has 2 rings (SSSR count). The minimum Gasteiger partial charge on any atom is -0.465 e. The van der Waals surface area contributed by atoms with Crippen molar-refractivity contribution in [2.24, 2.45) is 5.92 Å². The first-order valence-corrected chi connectivity index (χ1v) is 6.93. The molecule has 0 spiro atoms. The van der Waals surface area contributed by atoms with Crippen LogP contribution in [0.4, 0.5) is 5.69 Å². The highest BCUT2D eigenvalue weighted by atomic mass is 16.6. The molecule has 0 saturated carbocycles. The fourth-order valence-electron chi connectivity index (χ4n) is 2.44. The van der Waals surface area contributed by atoms with Crippen molar-refractivity contribution in [2.75, 3.05) is 18.5 Å². The molecular weight excluding hydrogens is 290 g/mol. The van der Waals surface area contributed by atoms with E-state index in [1.54, 1.807) is 32.0 Å². The number of hydrogen-bond acceptors (Lipinski definition) is 6. The summed E-state index contributed by atoms with van der Waals surface area (Å²) in [6.45, 7) is 3.14. The molecule has 0 radical (unpaired) electrons. The maximum absolute atomic E-state index is 12.2. The Labute approximate surface area is 127 Å². The second-order valence-electron chi connectivity index (χ2n) is 4.70. The Hall–Kier alpha value is -2.41. The highest BCUT2D eigenvalue weighted by Gasteiger charge is 2.58. The Balaban J connectivity index is 2.52. The fourth-order valence-corrected chi connectivity index (χ4v) is 2.44. The predicted molar refractivity (Wildman–Crippen MR) is 75.7 cm³/mol. The first-order chi connectivity index (χ1) is 10.5. The number of rotatable bonds is 5. The number of benzene rings is 1. The van der Waals surface area contributed by atoms with Crippen LogP contribution in [0.3, 0.4) is 0 Å². The van der Waals surface area contributed by atoms with Gasteiger partial charge in [0.1, 0.15) is 0 Å². The molecule has 1 amide bonds. The third-order valence-corrected chi connectivity index (χ3v) is 3.39. The lowest BCUT2D eigenvalue weighted by molar-refractivity contribution is -0.178. The minimum atomic E-state index is -2.35. The molecule has 0 fully saturated rings. The van der Waals surface area contributed by atoms with Crippen molar-refractivity contribution in [1.29, 1.82) is 0 Å². The summed E-state index contributed by atoms with van der Waals surface area (Å²) in [6, 6.07) is 6.29. The van der Waals surface area contributed by atoms with Crippen LogP contribution in [0.25, 0.3) is 0 Å². The molecule has 0 bridgehead atoms. The fraction of sp³-hybridized carbons (Fsp3) is 0.400. The quantitative estimate of drug-likeness (QED) is 0.609. The zero-order valence-corrected chi connectivity index (χ0v) is 12.3. The molecule has 1 aromatic carbocycles. The second kappa shape index (κ2) is 6.15. The van der Waals surface area contributed by atoms with Gasteiger partial charge < -0.3 is 19.9 Å². The Morgan fingerprint density at radius 2 is 1.73 bits per heavy atom. The summed E-state index contributed by atoms with van der Waals surface area (Å²) in [5.74, 6) is -4.65. The zero-order valence-electron chi connectivity index (χ0n) is 12.3. The molecule has 0 saturated heterocycles. The van der Waals surface area contributed by atoms with Crippen LogP contribution in [0.15, 0.2) is 24.3 Å². The molecule has 7 nitrogen and oxygen atoms in total. The average Bonchev–Trinajstić information content (AvgIpc) is 2.72. The van der Waals surface area contributed by atoms with E-state index in [1.165, 1.54) is 6.07 Å². The highest BCUT2D eigenvalue weighted by molar-refractivity contribution is 6.12. The van der Waals surface area contributed by atoms with Crippen molar-refractivity contribution in [1.82, 2.24) is 0 Å². The first kappa shape index (κ1) is 16.0. The Kier molecular flexibility index (Phi) is 4.46. The molecule has 0 aliphatic carbocycles. The number of hydrogen-bond donors (Lipinski definition) is 2. The lowest BCUT2D eigenvalue weighted by atomic mass is 9.82. The van der Waals surface area contributed by atoms with Gasteiger partial charge in [0.15, 0.2) is 11.5 Å². The van der Waals surface area contributed by atoms with Gasteiger partial charge in [0.2, 0.25) is 0 Å². The van der Waals surface area contributed by atoms with Gasteiger partial charge in [-0.2, -0.15) is 0 Å². The van der Waals surface area contributed by atoms with Crippen LogP contribution in [0.2, 0.25) is 0 Å². The van der Waals surface area contributed by atoms with Crippen molar-refractivity contribution in [2.45, 2.75) is 19.4 Å². The molecule has 7 heteroatoms. The maximum Gasteiger partial charge on any atom is 0.324 e. The normalized spacial score (nSPS) is 19.5. The Morgan fingerprint density at radius 1 is 1.18 bits per heavy atom. The van der Waals surface area contributed by atoms with Gasteiger partial charge in [0.05, 0.1) is 13.2 Å². The minimum absolute atomic E-state index is 0.00802. The van der Waals surface area contributed by atoms with Gasteiger partial charge in [0.25, 0.3) is 5.91 Å². The highest BCUT2D eigenvalue weighted by Crippen LogP contribution is 2.42. The average molecular weight is 307 g/mol. The SMILES string of the molecule is CCOC(=O)C(C(=O)OCC)C1(O)C(=O)Nc2ccccc21. The molecule has 22 heavy (non-hydrogen) atoms. The third kappa shape index (κ3) is 2.43. The Bertz CT molecular complexity index is 596. The van der Waals surface area contributed by atoms with E-state index in [0.29, 0.717) is 5.69 Å². The first-order valence-electron chi connectivity index (χ1n) is 6.93. The van der Waals surface area contributed by atoms with Crippen molar-refractivity contribution in [3.05, 3.63) is 29.8 Å². The van der Waals surface area contributed by atoms with Crippen LogP contribution >= 0.6 is 0 Å². The maximum atomic E-state index is 12.2. The summed E-state index contributed by atoms with van der Waals surface area (Å²) < 4.78 is 9.67. The van der Waals surface area contributed by atoms with E-state index in [1.807, 2.05) is 0 Å². The molecule has 1 aromatic rings. The smallest absolute Gasteiger partial charge is 0.324 e. The van der Waals surface area contributed by atoms with Gasteiger partial charge in [-0.15, -0.1) is 0 Å². The standard InChI is InChI=1S/C15H17NO6/c1-3-21-12(17)11(13(18)22-4-2)15(20)9-7-5-6-8-10(9)16-14(15)19/h5-8,11,20H,3-4H2,1-2H3,(H,16,19). The molecule has 1 aliphatic rings. The van der Waals surface area contributed by atoms with Gasteiger partial charge in [-0.05, 0) is 19.9 Å². The number of esters is 2. The molecule has 2 N–H and O–H groups in total. The lowest BCUT2D eigenvalue weighted by Crippen LogP contribution is -2.50. The lowest BCUT2D eigenvalue weighted by Gasteiger charge is -2.27. The van der Waals surface area contributed by atoms with Gasteiger partial charge in [-0.3, -0.25) is 14.4 Å². The van der Waals surface area contributed by atoms with E-state index < -0.39 is 29.4 Å². The largest absolute Gasteiger partial charge is 0.465 e. The van der Waals surface area contributed by atoms with Crippen LogP contribution in [0.1, 0.15) is 19.4 Å². The number of ether oxygens (including phenoxy) is 2. The number of para-hydroxylation sites is 1. The summed E-state index contributed by atoms with van der Waals surface area (Å²) >= 11 is 0. The van der Waals surface area contributed by atoms with Gasteiger partial charge >= 0.3 is 11.9 Å². The van der Waals surface area contributed by atoms with E-state index in [0.717, 1.165) is 0 Å². The van der Waals surface area contributed by atoms with Crippen molar-refractivity contribution in [3.63, 3.8) is 0 Å².